The number of aliphatic hydroxyl groups is 3. The second kappa shape index (κ2) is 9.65. The van der Waals surface area contributed by atoms with E-state index in [0.29, 0.717) is 28.5 Å². The van der Waals surface area contributed by atoms with Gasteiger partial charge in [-0.15, -0.1) is 0 Å². The summed E-state index contributed by atoms with van der Waals surface area (Å²) < 4.78 is 7.17. The van der Waals surface area contributed by atoms with E-state index in [9.17, 15) is 15.3 Å². The number of rotatable bonds is 7. The summed E-state index contributed by atoms with van der Waals surface area (Å²) in [6.07, 6.45) is -1.36. The number of fused-ring (bicyclic) bond motifs is 1. The molecule has 0 radical (unpaired) electrons. The molecule has 0 aliphatic carbocycles. The molecule has 0 bridgehead atoms. The summed E-state index contributed by atoms with van der Waals surface area (Å²) in [4.78, 5) is 13.1. The van der Waals surface area contributed by atoms with Crippen LogP contribution in [0.2, 0.25) is 5.02 Å². The van der Waals surface area contributed by atoms with E-state index in [0.717, 1.165) is 11.1 Å². The van der Waals surface area contributed by atoms with Crippen LogP contribution in [-0.2, 0) is 4.74 Å². The van der Waals surface area contributed by atoms with E-state index >= 15 is 0 Å². The van der Waals surface area contributed by atoms with E-state index in [4.69, 9.17) is 16.3 Å². The lowest BCUT2D eigenvalue weighted by molar-refractivity contribution is -0.0511. The minimum absolute atomic E-state index is 0.0333. The molecule has 0 spiro atoms. The Morgan fingerprint density at radius 3 is 2.41 bits per heavy atom. The number of nitrogens with one attached hydrogen (secondary N) is 1. The van der Waals surface area contributed by atoms with Crippen LogP contribution in [0.1, 0.15) is 23.3 Å². The minimum Gasteiger partial charge on any atom is -0.394 e. The van der Waals surface area contributed by atoms with Gasteiger partial charge in [0, 0.05) is 17.5 Å². The van der Waals surface area contributed by atoms with Gasteiger partial charge >= 0.3 is 0 Å². The van der Waals surface area contributed by atoms with E-state index in [1.165, 1.54) is 12.7 Å². The summed E-state index contributed by atoms with van der Waals surface area (Å²) in [5, 5.41) is 34.0. The Labute approximate surface area is 200 Å². The first kappa shape index (κ1) is 22.7. The Balaban J connectivity index is 1.43. The van der Waals surface area contributed by atoms with E-state index in [1.54, 1.807) is 4.57 Å². The zero-order valence-electron chi connectivity index (χ0n) is 18.1. The van der Waals surface area contributed by atoms with Gasteiger partial charge in [-0.1, -0.05) is 54.1 Å². The van der Waals surface area contributed by atoms with Crippen molar-refractivity contribution in [1.29, 1.82) is 0 Å². The largest absolute Gasteiger partial charge is 0.394 e. The van der Waals surface area contributed by atoms with E-state index < -0.39 is 31.1 Å². The highest BCUT2D eigenvalue weighted by atomic mass is 35.5. The SMILES string of the molecule is OC[C@H]1O[C@@H](n2cnc3c(NCC(c4ccccc4)c4ccc(Cl)cc4)ncnc32)C(O)C1O. The number of anilines is 1. The first-order chi connectivity index (χ1) is 16.6. The molecule has 5 rings (SSSR count). The quantitative estimate of drug-likeness (QED) is 0.317. The van der Waals surface area contributed by atoms with Crippen LogP contribution >= 0.6 is 11.6 Å². The maximum absolute atomic E-state index is 10.4. The molecule has 0 amide bonds. The third-order valence-corrected chi connectivity index (χ3v) is 6.35. The summed E-state index contributed by atoms with van der Waals surface area (Å²) in [5.74, 6) is 0.566. The van der Waals surface area contributed by atoms with Crippen molar-refractivity contribution in [2.45, 2.75) is 30.5 Å². The van der Waals surface area contributed by atoms with Crippen LogP contribution in [0.5, 0.6) is 0 Å². The highest BCUT2D eigenvalue weighted by Gasteiger charge is 2.44. The molecule has 1 saturated heterocycles. The first-order valence-electron chi connectivity index (χ1n) is 10.9. The topological polar surface area (TPSA) is 126 Å². The van der Waals surface area contributed by atoms with Gasteiger partial charge in [0.25, 0.3) is 0 Å². The van der Waals surface area contributed by atoms with Crippen LogP contribution in [0.15, 0.2) is 67.3 Å². The number of ether oxygens (including phenoxy) is 1. The van der Waals surface area contributed by atoms with Crippen molar-refractivity contribution < 1.29 is 20.1 Å². The molecule has 3 unspecified atom stereocenters. The Bertz CT molecular complexity index is 1250. The number of imidazole rings is 1. The Morgan fingerprint density at radius 2 is 1.71 bits per heavy atom. The van der Waals surface area contributed by atoms with Gasteiger partial charge in [0.15, 0.2) is 23.2 Å². The van der Waals surface area contributed by atoms with Crippen molar-refractivity contribution in [3.8, 4) is 0 Å². The maximum Gasteiger partial charge on any atom is 0.167 e. The minimum atomic E-state index is -1.23. The van der Waals surface area contributed by atoms with Crippen LogP contribution in [0.25, 0.3) is 11.2 Å². The lowest BCUT2D eigenvalue weighted by atomic mass is 9.91. The molecule has 2 aromatic carbocycles. The van der Waals surface area contributed by atoms with Gasteiger partial charge in [-0.05, 0) is 23.3 Å². The number of nitrogens with zero attached hydrogens (tertiary/aromatic N) is 4. The molecule has 34 heavy (non-hydrogen) atoms. The normalized spacial score (nSPS) is 23.3. The lowest BCUT2D eigenvalue weighted by Crippen LogP contribution is -2.33. The molecule has 5 atom stereocenters. The number of aliphatic hydroxyl groups excluding tert-OH is 3. The van der Waals surface area contributed by atoms with Crippen LogP contribution in [0.3, 0.4) is 0 Å². The fraction of sp³-hybridized carbons (Fsp3) is 0.292. The Morgan fingerprint density at radius 1 is 0.971 bits per heavy atom. The fourth-order valence-corrected chi connectivity index (χ4v) is 4.41. The summed E-state index contributed by atoms with van der Waals surface area (Å²) in [6, 6.07) is 17.9. The third kappa shape index (κ3) is 4.24. The number of hydrogen-bond donors (Lipinski definition) is 4. The molecule has 1 aliphatic heterocycles. The van der Waals surface area contributed by atoms with Crippen molar-refractivity contribution in [2.75, 3.05) is 18.5 Å². The highest BCUT2D eigenvalue weighted by molar-refractivity contribution is 6.30. The summed E-state index contributed by atoms with van der Waals surface area (Å²) in [5.41, 5.74) is 3.18. The molecule has 9 nitrogen and oxygen atoms in total. The molecule has 176 valence electrons. The summed E-state index contributed by atoms with van der Waals surface area (Å²) in [7, 11) is 0. The molecule has 3 heterocycles. The van der Waals surface area contributed by atoms with Crippen molar-refractivity contribution in [3.05, 3.63) is 83.4 Å². The van der Waals surface area contributed by atoms with E-state index in [2.05, 4.69) is 32.4 Å². The van der Waals surface area contributed by atoms with Crippen molar-refractivity contribution in [2.24, 2.45) is 0 Å². The lowest BCUT2D eigenvalue weighted by Gasteiger charge is -2.19. The molecule has 2 aromatic heterocycles. The molecule has 0 saturated carbocycles. The van der Waals surface area contributed by atoms with Crippen molar-refractivity contribution >= 4 is 28.6 Å². The number of halogens is 1. The summed E-state index contributed by atoms with van der Waals surface area (Å²) >= 11 is 6.09. The maximum atomic E-state index is 10.4. The fourth-order valence-electron chi connectivity index (χ4n) is 4.28. The second-order valence-corrected chi connectivity index (χ2v) is 8.61. The zero-order chi connectivity index (χ0) is 23.7. The standard InChI is InChI=1S/C24H24ClN5O4/c25-16-8-6-15(7-9-16)17(14-4-2-1-3-5-14)10-26-22-19-23(28-12-27-22)30(13-29-19)24-21(33)20(32)18(11-31)34-24/h1-9,12-13,17-18,20-21,24,31-33H,10-11H2,(H,26,27,28)/t17?,18-,20?,21?,24-/m1/s1. The summed E-state index contributed by atoms with van der Waals surface area (Å²) in [6.45, 7) is 0.132. The van der Waals surface area contributed by atoms with Gasteiger partial charge in [-0.3, -0.25) is 4.57 Å². The third-order valence-electron chi connectivity index (χ3n) is 6.10. The van der Waals surface area contributed by atoms with Crippen LogP contribution < -0.4 is 5.32 Å². The van der Waals surface area contributed by atoms with Crippen molar-refractivity contribution in [3.63, 3.8) is 0 Å². The predicted molar refractivity (Wildman–Crippen MR) is 127 cm³/mol. The number of aromatic nitrogens is 4. The smallest absolute Gasteiger partial charge is 0.167 e. The van der Waals surface area contributed by atoms with E-state index in [-0.39, 0.29) is 5.92 Å². The van der Waals surface area contributed by atoms with Crippen LogP contribution in [0, 0.1) is 0 Å². The first-order valence-corrected chi connectivity index (χ1v) is 11.3. The van der Waals surface area contributed by atoms with Crippen LogP contribution in [-0.4, -0.2) is 66.3 Å². The highest BCUT2D eigenvalue weighted by Crippen LogP contribution is 2.32. The molecular weight excluding hydrogens is 458 g/mol. The predicted octanol–water partition coefficient (Wildman–Crippen LogP) is 2.34. The van der Waals surface area contributed by atoms with Gasteiger partial charge in [0.2, 0.25) is 0 Å². The molecule has 1 aliphatic rings. The zero-order valence-corrected chi connectivity index (χ0v) is 18.8. The average molecular weight is 482 g/mol. The molecule has 4 N–H and O–H groups in total. The van der Waals surface area contributed by atoms with Gasteiger partial charge in [0.05, 0.1) is 12.9 Å². The molecular formula is C24H24ClN5O4. The van der Waals surface area contributed by atoms with Gasteiger partial charge in [-0.2, -0.15) is 0 Å². The monoisotopic (exact) mass is 481 g/mol. The van der Waals surface area contributed by atoms with Gasteiger partial charge in [0.1, 0.15) is 24.6 Å². The van der Waals surface area contributed by atoms with Gasteiger partial charge < -0.3 is 25.4 Å². The molecule has 1 fully saturated rings. The van der Waals surface area contributed by atoms with Crippen LogP contribution in [0.4, 0.5) is 5.82 Å². The Hall–Kier alpha value is -3.08. The Kier molecular flexibility index (Phi) is 6.44. The van der Waals surface area contributed by atoms with E-state index in [1.807, 2.05) is 42.5 Å². The van der Waals surface area contributed by atoms with Crippen molar-refractivity contribution in [1.82, 2.24) is 19.5 Å². The number of hydrogen-bond acceptors (Lipinski definition) is 8. The van der Waals surface area contributed by atoms with Gasteiger partial charge in [-0.25, -0.2) is 15.0 Å². The number of benzene rings is 2. The average Bonchev–Trinajstić information content (AvgIpc) is 3.42. The molecule has 4 aromatic rings. The molecule has 10 heteroatoms. The second-order valence-electron chi connectivity index (χ2n) is 8.17.